The highest BCUT2D eigenvalue weighted by molar-refractivity contribution is 7.94. The zero-order valence-electron chi connectivity index (χ0n) is 10.8. The predicted molar refractivity (Wildman–Crippen MR) is 84.2 cm³/mol. The van der Waals surface area contributed by atoms with Crippen LogP contribution in [0.5, 0.6) is 0 Å². The normalized spacial score (nSPS) is 11.4. The number of rotatable bonds is 3. The molecule has 1 aromatic carbocycles. The van der Waals surface area contributed by atoms with E-state index in [2.05, 4.69) is 9.71 Å². The molecule has 2 heterocycles. The number of hydrogen-bond donors (Lipinski definition) is 1. The third kappa shape index (κ3) is 2.76. The van der Waals surface area contributed by atoms with E-state index >= 15 is 0 Å². The molecule has 0 atom stereocenters. The summed E-state index contributed by atoms with van der Waals surface area (Å²) in [6, 6.07) is 10.6. The van der Waals surface area contributed by atoms with Gasteiger partial charge in [-0.25, -0.2) is 13.4 Å². The summed E-state index contributed by atoms with van der Waals surface area (Å²) >= 11 is 2.22. The molecule has 0 amide bonds. The molecule has 0 radical (unpaired) electrons. The first-order valence-electron chi connectivity index (χ1n) is 5.88. The molecule has 0 unspecified atom stereocenters. The predicted octanol–water partition coefficient (Wildman–Crippen LogP) is 3.34. The van der Waals surface area contributed by atoms with Crippen LogP contribution in [0.2, 0.25) is 0 Å². The number of benzene rings is 1. The van der Waals surface area contributed by atoms with E-state index in [9.17, 15) is 8.42 Å². The maximum absolute atomic E-state index is 12.2. The van der Waals surface area contributed by atoms with E-state index in [1.165, 1.54) is 23.5 Å². The summed E-state index contributed by atoms with van der Waals surface area (Å²) in [6.45, 7) is 1.97. The smallest absolute Gasteiger partial charge is 0.254 e. The van der Waals surface area contributed by atoms with E-state index in [1.54, 1.807) is 0 Å². The van der Waals surface area contributed by atoms with Gasteiger partial charge in [-0.2, -0.15) is 5.26 Å². The maximum atomic E-state index is 12.2. The van der Waals surface area contributed by atoms with Gasteiger partial charge in [0, 0.05) is 0 Å². The van der Waals surface area contributed by atoms with Crippen LogP contribution < -0.4 is 4.72 Å². The van der Waals surface area contributed by atoms with E-state index in [1.807, 2.05) is 31.2 Å². The molecule has 0 aliphatic rings. The molecule has 0 spiro atoms. The van der Waals surface area contributed by atoms with Gasteiger partial charge in [-0.15, -0.1) is 11.3 Å². The molecule has 3 aromatic rings. The van der Waals surface area contributed by atoms with Crippen molar-refractivity contribution in [1.82, 2.24) is 4.98 Å². The lowest BCUT2D eigenvalue weighted by atomic mass is 10.2. The van der Waals surface area contributed by atoms with Gasteiger partial charge in [0.05, 0.1) is 10.2 Å². The van der Waals surface area contributed by atoms with Crippen molar-refractivity contribution in [2.75, 3.05) is 4.72 Å². The molecule has 0 aliphatic heterocycles. The van der Waals surface area contributed by atoms with E-state index in [0.717, 1.165) is 27.1 Å². The van der Waals surface area contributed by atoms with Crippen molar-refractivity contribution in [1.29, 1.82) is 5.26 Å². The van der Waals surface area contributed by atoms with E-state index in [0.29, 0.717) is 10.0 Å². The van der Waals surface area contributed by atoms with Gasteiger partial charge in [0.15, 0.2) is 5.13 Å². The van der Waals surface area contributed by atoms with Crippen molar-refractivity contribution in [2.45, 2.75) is 11.1 Å². The Morgan fingerprint density at radius 2 is 2.05 bits per heavy atom. The molecular weight excluding hydrogens is 326 g/mol. The Hall–Kier alpha value is -1.95. The van der Waals surface area contributed by atoms with E-state index in [-0.39, 0.29) is 4.21 Å². The Balaban J connectivity index is 1.95. The minimum atomic E-state index is -3.70. The van der Waals surface area contributed by atoms with Crippen LogP contribution in [0.25, 0.3) is 10.2 Å². The summed E-state index contributed by atoms with van der Waals surface area (Å²) in [7, 11) is -3.70. The fourth-order valence-corrected chi connectivity index (χ4v) is 5.07. The Labute approximate surface area is 129 Å². The number of anilines is 1. The first-order valence-corrected chi connectivity index (χ1v) is 8.99. The zero-order chi connectivity index (χ0) is 15.0. The van der Waals surface area contributed by atoms with Gasteiger partial charge in [0.2, 0.25) is 0 Å². The van der Waals surface area contributed by atoms with Crippen LogP contribution in [0.1, 0.15) is 10.4 Å². The highest BCUT2D eigenvalue weighted by Crippen LogP contribution is 2.29. The summed E-state index contributed by atoms with van der Waals surface area (Å²) in [5.74, 6) is 0. The third-order valence-electron chi connectivity index (χ3n) is 2.72. The molecule has 0 saturated heterocycles. The Kier molecular flexibility index (Phi) is 3.41. The fraction of sp³-hybridized carbons (Fsp3) is 0.0769. The molecular formula is C13H9N3O2S3. The maximum Gasteiger partial charge on any atom is 0.273 e. The number of fused-ring (bicyclic) bond motifs is 1. The van der Waals surface area contributed by atoms with Gasteiger partial charge in [0.25, 0.3) is 10.0 Å². The molecule has 106 valence electrons. The molecule has 0 saturated carbocycles. The number of thiazole rings is 1. The molecule has 8 heteroatoms. The third-order valence-corrected chi connectivity index (χ3v) is 6.61. The molecule has 2 aromatic heterocycles. The second-order valence-electron chi connectivity index (χ2n) is 4.33. The number of sulfonamides is 1. The number of aromatic nitrogens is 1. The fourth-order valence-electron chi connectivity index (χ4n) is 1.77. The molecule has 1 N–H and O–H groups in total. The summed E-state index contributed by atoms with van der Waals surface area (Å²) in [5, 5.41) is 9.08. The van der Waals surface area contributed by atoms with Gasteiger partial charge in [-0.05, 0) is 36.8 Å². The molecule has 0 bridgehead atoms. The number of nitriles is 1. The number of nitrogens with one attached hydrogen (secondary N) is 1. The minimum Gasteiger partial charge on any atom is -0.254 e. The van der Waals surface area contributed by atoms with Gasteiger partial charge in [-0.1, -0.05) is 17.4 Å². The SMILES string of the molecule is Cc1ccc2nc(NS(=O)(=O)c3ccc(C#N)s3)sc2c1. The van der Waals surface area contributed by atoms with E-state index in [4.69, 9.17) is 5.26 Å². The summed E-state index contributed by atoms with van der Waals surface area (Å²) in [4.78, 5) is 4.62. The van der Waals surface area contributed by atoms with Crippen LogP contribution >= 0.6 is 22.7 Å². The van der Waals surface area contributed by atoms with Gasteiger partial charge >= 0.3 is 0 Å². The van der Waals surface area contributed by atoms with Crippen molar-refractivity contribution in [2.24, 2.45) is 0 Å². The summed E-state index contributed by atoms with van der Waals surface area (Å²) in [5.41, 5.74) is 1.85. The largest absolute Gasteiger partial charge is 0.273 e. The average Bonchev–Trinajstić information content (AvgIpc) is 3.03. The van der Waals surface area contributed by atoms with Crippen LogP contribution in [-0.2, 0) is 10.0 Å². The zero-order valence-corrected chi connectivity index (χ0v) is 13.3. The monoisotopic (exact) mass is 335 g/mol. The quantitative estimate of drug-likeness (QED) is 0.796. The van der Waals surface area contributed by atoms with Crippen LogP contribution in [0.4, 0.5) is 5.13 Å². The lowest BCUT2D eigenvalue weighted by molar-refractivity contribution is 0.603. The average molecular weight is 335 g/mol. The van der Waals surface area contributed by atoms with Crippen molar-refractivity contribution in [3.63, 3.8) is 0 Å². The molecule has 5 nitrogen and oxygen atoms in total. The highest BCUT2D eigenvalue weighted by atomic mass is 32.2. The van der Waals surface area contributed by atoms with Crippen LogP contribution in [0, 0.1) is 18.3 Å². The van der Waals surface area contributed by atoms with Gasteiger partial charge < -0.3 is 0 Å². The van der Waals surface area contributed by atoms with Crippen molar-refractivity contribution in [3.05, 3.63) is 40.8 Å². The molecule has 0 aliphatic carbocycles. The number of nitrogens with zero attached hydrogens (tertiary/aromatic N) is 2. The van der Waals surface area contributed by atoms with Gasteiger partial charge in [0.1, 0.15) is 15.2 Å². The molecule has 3 rings (SSSR count). The van der Waals surface area contributed by atoms with Crippen LogP contribution in [0.3, 0.4) is 0 Å². The first kappa shape index (κ1) is 14.0. The van der Waals surface area contributed by atoms with Crippen molar-refractivity contribution >= 4 is 48.0 Å². The lowest BCUT2D eigenvalue weighted by Crippen LogP contribution is -2.10. The first-order chi connectivity index (χ1) is 9.98. The number of thiophene rings is 1. The highest BCUT2D eigenvalue weighted by Gasteiger charge is 2.19. The second-order valence-corrected chi connectivity index (χ2v) is 8.35. The number of aryl methyl sites for hydroxylation is 1. The summed E-state index contributed by atoms with van der Waals surface area (Å²) in [6.07, 6.45) is 0. The Morgan fingerprint density at radius 3 is 2.76 bits per heavy atom. The van der Waals surface area contributed by atoms with Crippen LogP contribution in [0.15, 0.2) is 34.5 Å². The molecule has 21 heavy (non-hydrogen) atoms. The van der Waals surface area contributed by atoms with E-state index < -0.39 is 10.0 Å². The van der Waals surface area contributed by atoms with Crippen molar-refractivity contribution in [3.8, 4) is 6.07 Å². The van der Waals surface area contributed by atoms with Crippen LogP contribution in [-0.4, -0.2) is 13.4 Å². The Bertz CT molecular complexity index is 964. The van der Waals surface area contributed by atoms with Gasteiger partial charge in [-0.3, -0.25) is 4.72 Å². The van der Waals surface area contributed by atoms with Crippen molar-refractivity contribution < 1.29 is 8.42 Å². The molecule has 0 fully saturated rings. The Morgan fingerprint density at radius 1 is 1.24 bits per heavy atom. The second kappa shape index (κ2) is 5.11. The summed E-state index contributed by atoms with van der Waals surface area (Å²) < 4.78 is 28.0. The number of hydrogen-bond acceptors (Lipinski definition) is 6. The minimum absolute atomic E-state index is 0.106. The standard InChI is InChI=1S/C13H9N3O2S3/c1-8-2-4-10-11(6-8)20-13(15-10)16-21(17,18)12-5-3-9(7-14)19-12/h2-6H,1H3,(H,15,16). The topological polar surface area (TPSA) is 82.8 Å². The lowest BCUT2D eigenvalue weighted by Gasteiger charge is -2.00.